The van der Waals surface area contributed by atoms with Crippen molar-refractivity contribution < 1.29 is 14.1 Å². The fourth-order valence-electron chi connectivity index (χ4n) is 2.64. The SMILES string of the molecule is C[NH+]1CCN(c2ccc(NC(=S)NC(=O)c3ccco3)cc2)CC1. The largest absolute Gasteiger partial charge is 0.459 e. The van der Waals surface area contributed by atoms with Crippen molar-refractivity contribution in [2.24, 2.45) is 0 Å². The Morgan fingerprint density at radius 1 is 1.21 bits per heavy atom. The maximum atomic E-state index is 11.9. The summed E-state index contributed by atoms with van der Waals surface area (Å²) in [5.41, 5.74) is 2.04. The molecule has 6 nitrogen and oxygen atoms in total. The second-order valence-electron chi connectivity index (χ2n) is 5.88. The van der Waals surface area contributed by atoms with Gasteiger partial charge in [-0.15, -0.1) is 0 Å². The van der Waals surface area contributed by atoms with E-state index in [-0.39, 0.29) is 16.8 Å². The van der Waals surface area contributed by atoms with Crippen LogP contribution in [0.1, 0.15) is 10.6 Å². The number of amides is 1. The highest BCUT2D eigenvalue weighted by Gasteiger charge is 2.16. The van der Waals surface area contributed by atoms with E-state index in [4.69, 9.17) is 16.6 Å². The van der Waals surface area contributed by atoms with Crippen LogP contribution in [0.5, 0.6) is 0 Å². The molecule has 3 rings (SSSR count). The Balaban J connectivity index is 1.54. The maximum Gasteiger partial charge on any atom is 0.293 e. The van der Waals surface area contributed by atoms with Crippen molar-refractivity contribution >= 4 is 34.6 Å². The molecule has 0 spiro atoms. The van der Waals surface area contributed by atoms with Crippen LogP contribution in [-0.4, -0.2) is 44.2 Å². The number of anilines is 2. The van der Waals surface area contributed by atoms with Crippen molar-refractivity contribution in [1.82, 2.24) is 5.32 Å². The van der Waals surface area contributed by atoms with Crippen LogP contribution in [0.25, 0.3) is 0 Å². The number of nitrogens with zero attached hydrogens (tertiary/aromatic N) is 1. The van der Waals surface area contributed by atoms with E-state index in [2.05, 4.69) is 34.7 Å². The van der Waals surface area contributed by atoms with Gasteiger partial charge in [0.1, 0.15) is 0 Å². The van der Waals surface area contributed by atoms with E-state index in [1.54, 1.807) is 17.0 Å². The molecule has 7 heteroatoms. The van der Waals surface area contributed by atoms with Crippen molar-refractivity contribution in [3.63, 3.8) is 0 Å². The first kappa shape index (κ1) is 16.5. The smallest absolute Gasteiger partial charge is 0.293 e. The molecule has 1 aliphatic rings. The molecule has 0 aliphatic carbocycles. The monoisotopic (exact) mass is 345 g/mol. The van der Waals surface area contributed by atoms with Gasteiger partial charge in [0.05, 0.1) is 39.5 Å². The van der Waals surface area contributed by atoms with Gasteiger partial charge in [-0.25, -0.2) is 0 Å². The number of rotatable bonds is 3. The number of likely N-dealkylation sites (N-methyl/N-ethyl adjacent to an activating group) is 1. The highest BCUT2D eigenvalue weighted by Crippen LogP contribution is 2.18. The molecule has 0 unspecified atom stereocenters. The normalized spacial score (nSPS) is 15.1. The average Bonchev–Trinajstić information content (AvgIpc) is 3.11. The van der Waals surface area contributed by atoms with Gasteiger partial charge in [0.2, 0.25) is 0 Å². The van der Waals surface area contributed by atoms with Crippen LogP contribution in [0, 0.1) is 0 Å². The van der Waals surface area contributed by atoms with E-state index in [1.165, 1.54) is 12.0 Å². The number of carbonyl (C=O) groups is 1. The van der Waals surface area contributed by atoms with E-state index in [9.17, 15) is 4.79 Å². The van der Waals surface area contributed by atoms with Crippen LogP contribution in [-0.2, 0) is 0 Å². The maximum absolute atomic E-state index is 11.9. The molecular weight excluding hydrogens is 324 g/mol. The zero-order valence-electron chi connectivity index (χ0n) is 13.5. The van der Waals surface area contributed by atoms with Gasteiger partial charge in [-0.2, -0.15) is 0 Å². The van der Waals surface area contributed by atoms with E-state index in [0.717, 1.165) is 31.9 Å². The summed E-state index contributed by atoms with van der Waals surface area (Å²) in [7, 11) is 2.22. The predicted octanol–water partition coefficient (Wildman–Crippen LogP) is 0.741. The first-order valence-electron chi connectivity index (χ1n) is 7.94. The molecule has 1 saturated heterocycles. The third-order valence-electron chi connectivity index (χ3n) is 4.08. The Morgan fingerprint density at radius 3 is 2.54 bits per heavy atom. The van der Waals surface area contributed by atoms with Crippen LogP contribution in [0.15, 0.2) is 47.1 Å². The first-order chi connectivity index (χ1) is 11.6. The molecule has 1 aromatic heterocycles. The van der Waals surface area contributed by atoms with Crippen molar-refractivity contribution in [3.05, 3.63) is 48.4 Å². The second kappa shape index (κ2) is 7.46. The van der Waals surface area contributed by atoms with Gasteiger partial charge in [-0.1, -0.05) is 0 Å². The van der Waals surface area contributed by atoms with Crippen LogP contribution >= 0.6 is 12.2 Å². The highest BCUT2D eigenvalue weighted by molar-refractivity contribution is 7.80. The van der Waals surface area contributed by atoms with Gasteiger partial charge in [-0.3, -0.25) is 10.1 Å². The Bertz CT molecular complexity index is 692. The molecular formula is C17H21N4O2S+. The molecule has 0 radical (unpaired) electrons. The van der Waals surface area contributed by atoms with E-state index in [1.807, 2.05) is 12.1 Å². The molecule has 1 fully saturated rings. The molecule has 2 heterocycles. The lowest BCUT2D eigenvalue weighted by Crippen LogP contribution is -3.12. The quantitative estimate of drug-likeness (QED) is 0.717. The van der Waals surface area contributed by atoms with Crippen molar-refractivity contribution in [2.75, 3.05) is 43.4 Å². The number of benzene rings is 1. The topological polar surface area (TPSA) is 62.0 Å². The number of nitrogens with one attached hydrogen (secondary N) is 3. The van der Waals surface area contributed by atoms with E-state index < -0.39 is 0 Å². The number of carbonyl (C=O) groups excluding carboxylic acids is 1. The van der Waals surface area contributed by atoms with Gasteiger partial charge in [0, 0.05) is 11.4 Å². The minimum Gasteiger partial charge on any atom is -0.459 e. The number of piperazine rings is 1. The van der Waals surface area contributed by atoms with Gasteiger partial charge >= 0.3 is 0 Å². The lowest BCUT2D eigenvalue weighted by molar-refractivity contribution is -0.880. The zero-order valence-corrected chi connectivity index (χ0v) is 14.4. The molecule has 24 heavy (non-hydrogen) atoms. The molecule has 3 N–H and O–H groups in total. The van der Waals surface area contributed by atoms with Crippen LogP contribution in [0.4, 0.5) is 11.4 Å². The molecule has 1 aromatic carbocycles. The summed E-state index contributed by atoms with van der Waals surface area (Å²) in [5, 5.41) is 5.84. The van der Waals surface area contributed by atoms with Crippen LogP contribution in [0.2, 0.25) is 0 Å². The predicted molar refractivity (Wildman–Crippen MR) is 97.7 cm³/mol. The molecule has 1 amide bonds. The molecule has 0 saturated carbocycles. The zero-order chi connectivity index (χ0) is 16.9. The van der Waals surface area contributed by atoms with Gasteiger partial charge in [0.15, 0.2) is 10.9 Å². The summed E-state index contributed by atoms with van der Waals surface area (Å²) >= 11 is 5.16. The third kappa shape index (κ3) is 4.12. The van der Waals surface area contributed by atoms with Crippen molar-refractivity contribution in [2.45, 2.75) is 0 Å². The molecule has 0 atom stereocenters. The van der Waals surface area contributed by atoms with Gasteiger partial charge in [0.25, 0.3) is 5.91 Å². The van der Waals surface area contributed by atoms with Gasteiger partial charge < -0.3 is 19.5 Å². The minimum atomic E-state index is -0.367. The van der Waals surface area contributed by atoms with Crippen molar-refractivity contribution in [3.8, 4) is 0 Å². The highest BCUT2D eigenvalue weighted by atomic mass is 32.1. The summed E-state index contributed by atoms with van der Waals surface area (Å²) in [5.74, 6) is -0.138. The summed E-state index contributed by atoms with van der Waals surface area (Å²) in [4.78, 5) is 15.8. The Labute approximate surface area is 146 Å². The standard InChI is InChI=1S/C17H20N4O2S/c1-20-8-10-21(11-9-20)14-6-4-13(5-7-14)18-17(24)19-16(22)15-3-2-12-23-15/h2-7,12H,8-11H2,1H3,(H2,18,19,22,24)/p+1. The number of furan rings is 1. The van der Waals surface area contributed by atoms with Crippen LogP contribution < -0.4 is 20.4 Å². The molecule has 0 bridgehead atoms. The van der Waals surface area contributed by atoms with E-state index in [0.29, 0.717) is 0 Å². The number of hydrogen-bond acceptors (Lipinski definition) is 4. The minimum absolute atomic E-state index is 0.228. The molecule has 1 aliphatic heterocycles. The Kier molecular flexibility index (Phi) is 5.12. The average molecular weight is 345 g/mol. The van der Waals surface area contributed by atoms with Crippen LogP contribution in [0.3, 0.4) is 0 Å². The van der Waals surface area contributed by atoms with Crippen molar-refractivity contribution in [1.29, 1.82) is 0 Å². The number of thiocarbonyl (C=S) groups is 1. The summed E-state index contributed by atoms with van der Waals surface area (Å²) in [6.07, 6.45) is 1.45. The number of hydrogen-bond donors (Lipinski definition) is 3. The fourth-order valence-corrected chi connectivity index (χ4v) is 2.85. The lowest BCUT2D eigenvalue weighted by Gasteiger charge is -2.31. The third-order valence-corrected chi connectivity index (χ3v) is 4.28. The summed E-state index contributed by atoms with van der Waals surface area (Å²) in [6, 6.07) is 11.3. The molecule has 2 aromatic rings. The fraction of sp³-hybridized carbons (Fsp3) is 0.294. The summed E-state index contributed by atoms with van der Waals surface area (Å²) < 4.78 is 5.03. The molecule has 126 valence electrons. The van der Waals surface area contributed by atoms with Gasteiger partial charge in [-0.05, 0) is 48.6 Å². The lowest BCUT2D eigenvalue weighted by atomic mass is 10.2. The summed E-state index contributed by atoms with van der Waals surface area (Å²) in [6.45, 7) is 4.44. The first-order valence-corrected chi connectivity index (χ1v) is 8.35. The van der Waals surface area contributed by atoms with E-state index >= 15 is 0 Å². The second-order valence-corrected chi connectivity index (χ2v) is 6.28. The number of quaternary nitrogens is 1. The Morgan fingerprint density at radius 2 is 1.92 bits per heavy atom. The Hall–Kier alpha value is -2.38.